The molecule has 0 unspecified atom stereocenters. The number of fused-ring (bicyclic) bond motifs is 1. The maximum Gasteiger partial charge on any atom is 0.340 e. The molecule has 2 aliphatic rings. The van der Waals surface area contributed by atoms with E-state index < -0.39 is 0 Å². The fourth-order valence-corrected chi connectivity index (χ4v) is 3.21. The Morgan fingerprint density at radius 2 is 2.00 bits per heavy atom. The van der Waals surface area contributed by atoms with Crippen LogP contribution in [0.1, 0.15) is 29.6 Å². The molecule has 4 rings (SSSR count). The number of ether oxygens (including phenoxy) is 1. The van der Waals surface area contributed by atoms with Gasteiger partial charge in [-0.3, -0.25) is 9.78 Å². The van der Waals surface area contributed by atoms with E-state index in [0.717, 1.165) is 25.9 Å². The average Bonchev–Trinajstić information content (AvgIpc) is 2.94. The molecule has 0 amide bonds. The smallest absolute Gasteiger partial charge is 0.340 e. The summed E-state index contributed by atoms with van der Waals surface area (Å²) in [6.45, 7) is 1.74. The van der Waals surface area contributed by atoms with E-state index in [4.69, 9.17) is 4.74 Å². The van der Waals surface area contributed by atoms with Gasteiger partial charge < -0.3 is 10.1 Å². The number of aromatic nitrogens is 3. The molecule has 1 spiro atoms. The summed E-state index contributed by atoms with van der Waals surface area (Å²) in [4.78, 5) is 26.3. The second-order valence-electron chi connectivity index (χ2n) is 5.87. The molecule has 0 aliphatic carbocycles. The Morgan fingerprint density at radius 3 is 2.73 bits per heavy atom. The molecule has 3 N–H and O–H groups in total. The van der Waals surface area contributed by atoms with Gasteiger partial charge in [0.25, 0.3) is 0 Å². The van der Waals surface area contributed by atoms with Crippen LogP contribution in [0.2, 0.25) is 0 Å². The van der Waals surface area contributed by atoms with E-state index in [1.165, 1.54) is 0 Å². The third-order valence-corrected chi connectivity index (χ3v) is 4.38. The molecule has 3 heterocycles. The summed E-state index contributed by atoms with van der Waals surface area (Å²) in [6.07, 6.45) is 2.08. The quantitative estimate of drug-likeness (QED) is 0.725. The van der Waals surface area contributed by atoms with Crippen LogP contribution >= 0.6 is 0 Å². The first-order valence-electron chi connectivity index (χ1n) is 7.37. The molecular formula is C15H16N4O3. The van der Waals surface area contributed by atoms with Crippen LogP contribution in [0.3, 0.4) is 0 Å². The highest BCUT2D eigenvalue weighted by atomic mass is 16.5. The molecule has 1 aromatic heterocycles. The maximum atomic E-state index is 12.5. The van der Waals surface area contributed by atoms with Crippen LogP contribution in [0, 0.1) is 0 Å². The van der Waals surface area contributed by atoms with Crippen LogP contribution in [0.4, 0.5) is 0 Å². The molecule has 0 atom stereocenters. The molecule has 2 aliphatic heterocycles. The van der Waals surface area contributed by atoms with Gasteiger partial charge in [-0.15, -0.1) is 0 Å². The van der Waals surface area contributed by atoms with Crippen molar-refractivity contribution < 1.29 is 9.53 Å². The van der Waals surface area contributed by atoms with E-state index in [9.17, 15) is 9.59 Å². The van der Waals surface area contributed by atoms with Crippen molar-refractivity contribution in [1.82, 2.24) is 20.5 Å². The summed E-state index contributed by atoms with van der Waals surface area (Å²) >= 11 is 0. The summed E-state index contributed by atoms with van der Waals surface area (Å²) in [6, 6.07) is 5.33. The number of rotatable bonds is 1. The monoisotopic (exact) mass is 300 g/mol. The number of carbonyl (C=O) groups excluding carboxylic acids is 1. The van der Waals surface area contributed by atoms with Crippen LogP contribution in [0.15, 0.2) is 23.0 Å². The Labute approximate surface area is 126 Å². The highest BCUT2D eigenvalue weighted by molar-refractivity contribution is 6.01. The summed E-state index contributed by atoms with van der Waals surface area (Å²) in [7, 11) is 0. The number of carbonyl (C=O) groups is 1. The second kappa shape index (κ2) is 4.81. The number of nitrogens with one attached hydrogen (secondary N) is 3. The Kier molecular flexibility index (Phi) is 2.90. The minimum absolute atomic E-state index is 0.0860. The zero-order valence-electron chi connectivity index (χ0n) is 11.9. The van der Waals surface area contributed by atoms with Crippen molar-refractivity contribution in [1.29, 1.82) is 0 Å². The number of H-pyrrole nitrogens is 2. The van der Waals surface area contributed by atoms with Gasteiger partial charge in [0.1, 0.15) is 11.4 Å². The summed E-state index contributed by atoms with van der Waals surface area (Å²) in [5.74, 6) is 1.13. The molecule has 0 bridgehead atoms. The topological polar surface area (TPSA) is 99.9 Å². The Balaban J connectivity index is 1.71. The number of piperidine rings is 1. The first kappa shape index (κ1) is 13.3. The van der Waals surface area contributed by atoms with E-state index in [0.29, 0.717) is 29.1 Å². The molecule has 7 nitrogen and oxygen atoms in total. The average molecular weight is 300 g/mol. The van der Waals surface area contributed by atoms with Gasteiger partial charge in [0.05, 0.1) is 12.0 Å². The first-order chi connectivity index (χ1) is 10.7. The number of benzene rings is 1. The Morgan fingerprint density at radius 1 is 1.18 bits per heavy atom. The van der Waals surface area contributed by atoms with E-state index in [-0.39, 0.29) is 17.1 Å². The van der Waals surface area contributed by atoms with Gasteiger partial charge in [-0.2, -0.15) is 5.10 Å². The summed E-state index contributed by atoms with van der Waals surface area (Å²) < 4.78 is 6.17. The fourth-order valence-electron chi connectivity index (χ4n) is 3.21. The predicted molar refractivity (Wildman–Crippen MR) is 79.1 cm³/mol. The number of hydrogen-bond donors (Lipinski definition) is 3. The van der Waals surface area contributed by atoms with E-state index in [1.807, 2.05) is 0 Å². The minimum Gasteiger partial charge on any atom is -0.486 e. The van der Waals surface area contributed by atoms with Crippen molar-refractivity contribution in [3.8, 4) is 17.1 Å². The highest BCUT2D eigenvalue weighted by Crippen LogP contribution is 2.39. The number of hydrogen-bond acceptors (Lipinski definition) is 5. The van der Waals surface area contributed by atoms with Gasteiger partial charge in [0, 0.05) is 18.4 Å². The lowest BCUT2D eigenvalue weighted by atomic mass is 9.83. The van der Waals surface area contributed by atoms with E-state index in [2.05, 4.69) is 20.5 Å². The van der Waals surface area contributed by atoms with Gasteiger partial charge in [-0.05, 0) is 31.3 Å². The molecule has 1 fully saturated rings. The van der Waals surface area contributed by atoms with Crippen LogP contribution in [-0.4, -0.2) is 39.7 Å². The van der Waals surface area contributed by atoms with Crippen LogP contribution in [-0.2, 0) is 0 Å². The van der Waals surface area contributed by atoms with Gasteiger partial charge in [0.2, 0.25) is 0 Å². The number of aromatic amines is 2. The molecular weight excluding hydrogens is 284 g/mol. The number of nitrogens with zero attached hydrogens (tertiary/aromatic N) is 1. The number of ketones is 1. The molecule has 0 radical (unpaired) electrons. The lowest BCUT2D eigenvalue weighted by molar-refractivity contribution is 0.0188. The zero-order valence-corrected chi connectivity index (χ0v) is 11.9. The molecule has 1 saturated heterocycles. The molecule has 2 aromatic rings. The van der Waals surface area contributed by atoms with Gasteiger partial charge in [-0.25, -0.2) is 9.89 Å². The van der Waals surface area contributed by atoms with Crippen LogP contribution in [0.25, 0.3) is 11.4 Å². The summed E-state index contributed by atoms with van der Waals surface area (Å²) in [5, 5.41) is 9.50. The lowest BCUT2D eigenvalue weighted by Crippen LogP contribution is -2.49. The summed E-state index contributed by atoms with van der Waals surface area (Å²) in [5.41, 5.74) is 0.516. The molecule has 0 saturated carbocycles. The lowest BCUT2D eigenvalue weighted by Gasteiger charge is -2.40. The van der Waals surface area contributed by atoms with Crippen molar-refractivity contribution in [3.05, 3.63) is 34.2 Å². The zero-order chi connectivity index (χ0) is 15.2. The van der Waals surface area contributed by atoms with Gasteiger partial charge in [-0.1, -0.05) is 0 Å². The molecule has 1 aromatic carbocycles. The van der Waals surface area contributed by atoms with Crippen molar-refractivity contribution in [2.24, 2.45) is 0 Å². The SMILES string of the molecule is O=C1CC2(CCNCC2)Oc2ccc(-c3n[nH]c(=O)[nH]3)cc21. The highest BCUT2D eigenvalue weighted by Gasteiger charge is 2.41. The molecule has 7 heteroatoms. The first-order valence-corrected chi connectivity index (χ1v) is 7.37. The molecule has 22 heavy (non-hydrogen) atoms. The molecule has 114 valence electrons. The van der Waals surface area contributed by atoms with Crippen LogP contribution in [0.5, 0.6) is 5.75 Å². The second-order valence-corrected chi connectivity index (χ2v) is 5.87. The van der Waals surface area contributed by atoms with Crippen molar-refractivity contribution in [2.75, 3.05) is 13.1 Å². The standard InChI is InChI=1S/C15H16N4O3/c20-11-8-15(3-5-16-6-4-15)22-12-2-1-9(7-10(11)12)13-17-14(21)19-18-13/h1-2,7,16H,3-6,8H2,(H2,17,18,19,21). The third kappa shape index (κ3) is 2.14. The van der Waals surface area contributed by atoms with E-state index >= 15 is 0 Å². The normalized spacial score (nSPS) is 19.7. The third-order valence-electron chi connectivity index (χ3n) is 4.38. The maximum absolute atomic E-state index is 12.5. The number of Topliss-reactive ketones (excluding diaryl/α,β-unsaturated/α-hetero) is 1. The van der Waals surface area contributed by atoms with Gasteiger partial charge in [0.15, 0.2) is 11.6 Å². The Bertz CT molecular complexity index is 786. The van der Waals surface area contributed by atoms with Crippen molar-refractivity contribution >= 4 is 5.78 Å². The van der Waals surface area contributed by atoms with Gasteiger partial charge >= 0.3 is 5.69 Å². The van der Waals surface area contributed by atoms with Crippen molar-refractivity contribution in [3.63, 3.8) is 0 Å². The minimum atomic E-state index is -0.371. The Hall–Kier alpha value is -2.41. The van der Waals surface area contributed by atoms with Crippen molar-refractivity contribution in [2.45, 2.75) is 24.9 Å². The van der Waals surface area contributed by atoms with E-state index in [1.54, 1.807) is 18.2 Å². The predicted octanol–water partition coefficient (Wildman–Crippen LogP) is 0.852. The fraction of sp³-hybridized carbons (Fsp3) is 0.400. The largest absolute Gasteiger partial charge is 0.486 e. The van der Waals surface area contributed by atoms with Crippen LogP contribution < -0.4 is 15.7 Å².